The van der Waals surface area contributed by atoms with Gasteiger partial charge in [0.25, 0.3) is 0 Å². The van der Waals surface area contributed by atoms with Crippen LogP contribution in [-0.2, 0) is 14.3 Å². The molecule has 0 aromatic heterocycles. The Labute approximate surface area is 70.5 Å². The zero-order valence-electron chi connectivity index (χ0n) is 6.54. The molecule has 66 valence electrons. The second kappa shape index (κ2) is 6.23. The minimum atomic E-state index is -1.17. The minimum absolute atomic E-state index is 0.0651. The SMILES string of the molecule is C#CCOC(=O)CCCC(=O)[O-]. The van der Waals surface area contributed by atoms with Gasteiger partial charge in [0.1, 0.15) is 0 Å². The molecule has 0 heterocycles. The van der Waals surface area contributed by atoms with Crippen LogP contribution in [0, 0.1) is 12.3 Å². The Hall–Kier alpha value is -1.50. The molecule has 0 amide bonds. The maximum absolute atomic E-state index is 10.7. The van der Waals surface area contributed by atoms with Crippen molar-refractivity contribution in [2.45, 2.75) is 19.3 Å². The average Bonchev–Trinajstić information content (AvgIpc) is 2.00. The van der Waals surface area contributed by atoms with Crippen molar-refractivity contribution >= 4 is 11.9 Å². The number of carboxylic acid groups (broad SMARTS) is 1. The van der Waals surface area contributed by atoms with Crippen molar-refractivity contribution in [2.75, 3.05) is 6.61 Å². The molecular weight excluding hydrogens is 160 g/mol. The highest BCUT2D eigenvalue weighted by molar-refractivity contribution is 5.71. The van der Waals surface area contributed by atoms with Crippen molar-refractivity contribution in [1.82, 2.24) is 0 Å². The Kier molecular flexibility index (Phi) is 5.45. The number of rotatable bonds is 5. The van der Waals surface area contributed by atoms with Gasteiger partial charge in [-0.3, -0.25) is 4.79 Å². The highest BCUT2D eigenvalue weighted by Crippen LogP contribution is 1.96. The van der Waals surface area contributed by atoms with E-state index in [2.05, 4.69) is 10.7 Å². The van der Waals surface area contributed by atoms with Gasteiger partial charge < -0.3 is 14.6 Å². The second-order valence-corrected chi connectivity index (χ2v) is 2.09. The van der Waals surface area contributed by atoms with Gasteiger partial charge >= 0.3 is 5.97 Å². The fourth-order valence-corrected chi connectivity index (χ4v) is 0.571. The highest BCUT2D eigenvalue weighted by Gasteiger charge is 2.00. The van der Waals surface area contributed by atoms with E-state index >= 15 is 0 Å². The Morgan fingerprint density at radius 2 is 2.08 bits per heavy atom. The molecule has 0 aromatic carbocycles. The topological polar surface area (TPSA) is 66.4 Å². The largest absolute Gasteiger partial charge is 0.550 e. The van der Waals surface area contributed by atoms with Crippen LogP contribution in [0.1, 0.15) is 19.3 Å². The molecule has 0 aliphatic rings. The van der Waals surface area contributed by atoms with Gasteiger partial charge in [-0.25, -0.2) is 0 Å². The summed E-state index contributed by atoms with van der Waals surface area (Å²) in [7, 11) is 0. The van der Waals surface area contributed by atoms with Crippen LogP contribution in [0.5, 0.6) is 0 Å². The van der Waals surface area contributed by atoms with Crippen molar-refractivity contribution < 1.29 is 19.4 Å². The van der Waals surface area contributed by atoms with Gasteiger partial charge in [0.15, 0.2) is 6.61 Å². The molecule has 0 aliphatic heterocycles. The zero-order chi connectivity index (χ0) is 9.40. The summed E-state index contributed by atoms with van der Waals surface area (Å²) in [5, 5.41) is 9.90. The molecule has 0 N–H and O–H groups in total. The minimum Gasteiger partial charge on any atom is -0.550 e. The van der Waals surface area contributed by atoms with Crippen LogP contribution < -0.4 is 5.11 Å². The summed E-state index contributed by atoms with van der Waals surface area (Å²) in [5.41, 5.74) is 0. The van der Waals surface area contributed by atoms with E-state index in [0.717, 1.165) is 0 Å². The third-order valence-electron chi connectivity index (χ3n) is 1.08. The van der Waals surface area contributed by atoms with Crippen LogP contribution in [0.25, 0.3) is 0 Å². The lowest BCUT2D eigenvalue weighted by molar-refractivity contribution is -0.305. The number of carbonyl (C=O) groups excluding carboxylic acids is 2. The predicted octanol–water partition coefficient (Wildman–Crippen LogP) is -0.917. The van der Waals surface area contributed by atoms with Crippen molar-refractivity contribution in [3.8, 4) is 12.3 Å². The Morgan fingerprint density at radius 1 is 1.42 bits per heavy atom. The predicted molar refractivity (Wildman–Crippen MR) is 38.7 cm³/mol. The highest BCUT2D eigenvalue weighted by atomic mass is 16.5. The van der Waals surface area contributed by atoms with Crippen LogP contribution in [-0.4, -0.2) is 18.5 Å². The van der Waals surface area contributed by atoms with Crippen molar-refractivity contribution in [3.05, 3.63) is 0 Å². The van der Waals surface area contributed by atoms with E-state index in [9.17, 15) is 14.7 Å². The smallest absolute Gasteiger partial charge is 0.306 e. The maximum Gasteiger partial charge on any atom is 0.306 e. The van der Waals surface area contributed by atoms with Crippen molar-refractivity contribution in [3.63, 3.8) is 0 Å². The average molecular weight is 169 g/mol. The molecule has 0 atom stereocenters. The van der Waals surface area contributed by atoms with E-state index in [1.807, 2.05) is 0 Å². The standard InChI is InChI=1S/C8H10O4/c1-2-6-12-8(11)5-3-4-7(9)10/h1H,3-6H2,(H,9,10)/p-1. The van der Waals surface area contributed by atoms with Gasteiger partial charge in [-0.05, 0) is 12.8 Å². The third kappa shape index (κ3) is 6.62. The molecule has 0 saturated carbocycles. The Balaban J connectivity index is 3.33. The summed E-state index contributed by atoms with van der Waals surface area (Å²) in [4.78, 5) is 20.6. The number of esters is 1. The Morgan fingerprint density at radius 3 is 2.58 bits per heavy atom. The van der Waals surface area contributed by atoms with E-state index < -0.39 is 11.9 Å². The normalized spacial score (nSPS) is 8.58. The maximum atomic E-state index is 10.7. The quantitative estimate of drug-likeness (QED) is 0.394. The number of terminal acetylenes is 1. The number of carbonyl (C=O) groups is 2. The van der Waals surface area contributed by atoms with Crippen LogP contribution in [0.3, 0.4) is 0 Å². The van der Waals surface area contributed by atoms with E-state index in [4.69, 9.17) is 6.42 Å². The van der Waals surface area contributed by atoms with E-state index in [-0.39, 0.29) is 25.9 Å². The lowest BCUT2D eigenvalue weighted by Gasteiger charge is -2.01. The molecule has 0 rings (SSSR count). The Bertz CT molecular complexity index is 202. The van der Waals surface area contributed by atoms with Gasteiger partial charge in [0.2, 0.25) is 0 Å². The van der Waals surface area contributed by atoms with Crippen molar-refractivity contribution in [1.29, 1.82) is 0 Å². The lowest BCUT2D eigenvalue weighted by Crippen LogP contribution is -2.22. The number of aliphatic carboxylic acids is 1. The molecule has 4 nitrogen and oxygen atoms in total. The summed E-state index contributed by atoms with van der Waals surface area (Å²) in [6, 6.07) is 0. The fourth-order valence-electron chi connectivity index (χ4n) is 0.571. The monoisotopic (exact) mass is 169 g/mol. The zero-order valence-corrected chi connectivity index (χ0v) is 6.54. The van der Waals surface area contributed by atoms with Gasteiger partial charge in [0.05, 0.1) is 0 Å². The molecule has 0 aliphatic carbocycles. The molecule has 0 spiro atoms. The molecular formula is C8H9O4-. The first-order chi connectivity index (χ1) is 5.66. The molecule has 0 fully saturated rings. The lowest BCUT2D eigenvalue weighted by atomic mass is 10.2. The summed E-state index contributed by atoms with van der Waals surface area (Å²) >= 11 is 0. The molecule has 0 aromatic rings. The first kappa shape index (κ1) is 10.5. The van der Waals surface area contributed by atoms with Crippen LogP contribution in [0.4, 0.5) is 0 Å². The van der Waals surface area contributed by atoms with Gasteiger partial charge in [-0.2, -0.15) is 0 Å². The van der Waals surface area contributed by atoms with Gasteiger partial charge in [-0.1, -0.05) is 5.92 Å². The molecule has 0 bridgehead atoms. The molecule has 12 heavy (non-hydrogen) atoms. The molecule has 0 saturated heterocycles. The van der Waals surface area contributed by atoms with Crippen LogP contribution >= 0.6 is 0 Å². The summed E-state index contributed by atoms with van der Waals surface area (Å²) in [5.74, 6) is 0.482. The summed E-state index contributed by atoms with van der Waals surface area (Å²) in [6.45, 7) is -0.0653. The fraction of sp³-hybridized carbons (Fsp3) is 0.500. The van der Waals surface area contributed by atoms with Crippen LogP contribution in [0.15, 0.2) is 0 Å². The summed E-state index contributed by atoms with van der Waals surface area (Å²) in [6.07, 6.45) is 4.98. The first-order valence-corrected chi connectivity index (χ1v) is 3.45. The summed E-state index contributed by atoms with van der Waals surface area (Å²) < 4.78 is 4.48. The number of ether oxygens (including phenoxy) is 1. The van der Waals surface area contributed by atoms with Gasteiger partial charge in [0, 0.05) is 12.4 Å². The van der Waals surface area contributed by atoms with E-state index in [0.29, 0.717) is 0 Å². The van der Waals surface area contributed by atoms with Crippen LogP contribution in [0.2, 0.25) is 0 Å². The number of hydrogen-bond acceptors (Lipinski definition) is 4. The number of carboxylic acids is 1. The van der Waals surface area contributed by atoms with Gasteiger partial charge in [-0.15, -0.1) is 6.42 Å². The third-order valence-corrected chi connectivity index (χ3v) is 1.08. The molecule has 0 unspecified atom stereocenters. The number of hydrogen-bond donors (Lipinski definition) is 0. The van der Waals surface area contributed by atoms with E-state index in [1.165, 1.54) is 0 Å². The first-order valence-electron chi connectivity index (χ1n) is 3.45. The van der Waals surface area contributed by atoms with E-state index in [1.54, 1.807) is 0 Å². The molecule has 4 heteroatoms. The van der Waals surface area contributed by atoms with Crippen molar-refractivity contribution in [2.24, 2.45) is 0 Å². The second-order valence-electron chi connectivity index (χ2n) is 2.09. The molecule has 0 radical (unpaired) electrons.